The van der Waals surface area contributed by atoms with Crippen molar-refractivity contribution >= 4 is 60.9 Å². The Kier molecular flexibility index (Phi) is 6.32. The van der Waals surface area contributed by atoms with Crippen LogP contribution in [0.15, 0.2) is 38.4 Å². The third kappa shape index (κ3) is 4.86. The quantitative estimate of drug-likeness (QED) is 0.480. The Bertz CT molecular complexity index is 622. The number of hydrogen-bond acceptors (Lipinski definition) is 5. The van der Waals surface area contributed by atoms with Crippen molar-refractivity contribution in [2.75, 3.05) is 23.4 Å². The minimum absolute atomic E-state index is 0.742. The summed E-state index contributed by atoms with van der Waals surface area (Å²) in [4.78, 5) is 8.94. The third-order valence-corrected chi connectivity index (χ3v) is 4.34. The molecule has 0 unspecified atom stereocenters. The van der Waals surface area contributed by atoms with E-state index in [0.29, 0.717) is 0 Å². The lowest BCUT2D eigenvalue weighted by molar-refractivity contribution is 0.929. The Morgan fingerprint density at radius 1 is 1.14 bits per heavy atom. The van der Waals surface area contributed by atoms with E-state index in [1.54, 1.807) is 0 Å². The van der Waals surface area contributed by atoms with Crippen molar-refractivity contribution in [2.24, 2.45) is 0 Å². The van der Waals surface area contributed by atoms with E-state index >= 15 is 0 Å². The van der Waals surface area contributed by atoms with Crippen LogP contribution >= 0.6 is 43.6 Å². The zero-order valence-electron chi connectivity index (χ0n) is 11.8. The molecule has 7 heteroatoms. The zero-order chi connectivity index (χ0) is 15.2. The number of hydrogen-bond donors (Lipinski definition) is 2. The van der Waals surface area contributed by atoms with Gasteiger partial charge in [-0.3, -0.25) is 0 Å². The summed E-state index contributed by atoms with van der Waals surface area (Å²) >= 11 is 8.52. The molecule has 0 spiro atoms. The van der Waals surface area contributed by atoms with Crippen LogP contribution in [0.1, 0.15) is 13.3 Å². The molecule has 1 aromatic carbocycles. The molecular formula is C14H16Br2N4S. The highest BCUT2D eigenvalue weighted by Gasteiger charge is 2.06. The van der Waals surface area contributed by atoms with Crippen molar-refractivity contribution < 1.29 is 0 Å². The van der Waals surface area contributed by atoms with Crippen LogP contribution in [-0.4, -0.2) is 22.8 Å². The third-order valence-electron chi connectivity index (χ3n) is 2.64. The van der Waals surface area contributed by atoms with Gasteiger partial charge < -0.3 is 10.6 Å². The molecule has 0 bridgehead atoms. The van der Waals surface area contributed by atoms with Gasteiger partial charge in [0.1, 0.15) is 11.6 Å². The van der Waals surface area contributed by atoms with Gasteiger partial charge in [0.15, 0.2) is 5.16 Å². The van der Waals surface area contributed by atoms with Gasteiger partial charge in [-0.1, -0.05) is 34.6 Å². The van der Waals surface area contributed by atoms with Crippen molar-refractivity contribution in [3.63, 3.8) is 0 Å². The second-order valence-electron chi connectivity index (χ2n) is 4.30. The van der Waals surface area contributed by atoms with Gasteiger partial charge in [0.05, 0.1) is 5.69 Å². The van der Waals surface area contributed by atoms with Gasteiger partial charge >= 0.3 is 0 Å². The molecule has 0 aliphatic heterocycles. The normalized spacial score (nSPS) is 10.5. The Labute approximate surface area is 145 Å². The Balaban J connectivity index is 2.25. The number of benzene rings is 1. The van der Waals surface area contributed by atoms with Gasteiger partial charge in [0, 0.05) is 21.6 Å². The number of thioether (sulfide) groups is 1. The first kappa shape index (κ1) is 16.6. The molecule has 0 aliphatic rings. The average Bonchev–Trinajstić information content (AvgIpc) is 2.48. The van der Waals surface area contributed by atoms with E-state index in [2.05, 4.69) is 59.4 Å². The standard InChI is InChI=1S/C14H16Br2N4S/c1-3-6-17-12-8-13(20-14(19-12)21-2)18-11-5-4-9(15)7-10(11)16/h4-5,7-8H,3,6H2,1-2H3,(H2,17,18,19,20). The van der Waals surface area contributed by atoms with Crippen LogP contribution in [0, 0.1) is 0 Å². The number of nitrogens with one attached hydrogen (secondary N) is 2. The maximum atomic E-state index is 4.49. The summed E-state index contributed by atoms with van der Waals surface area (Å²) in [5.74, 6) is 1.61. The SMILES string of the molecule is CCCNc1cc(Nc2ccc(Br)cc2Br)nc(SC)n1. The molecule has 0 saturated heterocycles. The molecule has 2 N–H and O–H groups in total. The first-order valence-corrected chi connectivity index (χ1v) is 9.32. The topological polar surface area (TPSA) is 49.8 Å². The molecule has 4 nitrogen and oxygen atoms in total. The summed E-state index contributed by atoms with van der Waals surface area (Å²) in [6.45, 7) is 3.02. The maximum Gasteiger partial charge on any atom is 0.191 e. The van der Waals surface area contributed by atoms with Crippen molar-refractivity contribution in [1.29, 1.82) is 0 Å². The summed E-state index contributed by atoms with van der Waals surface area (Å²) in [6, 6.07) is 7.90. The number of halogens is 2. The predicted molar refractivity (Wildman–Crippen MR) is 97.7 cm³/mol. The van der Waals surface area contributed by atoms with Gasteiger partial charge in [-0.05, 0) is 46.8 Å². The fourth-order valence-corrected chi connectivity index (χ4v) is 3.18. The second-order valence-corrected chi connectivity index (χ2v) is 6.84. The highest BCUT2D eigenvalue weighted by atomic mass is 79.9. The highest BCUT2D eigenvalue weighted by molar-refractivity contribution is 9.11. The average molecular weight is 432 g/mol. The molecule has 0 radical (unpaired) electrons. The highest BCUT2D eigenvalue weighted by Crippen LogP contribution is 2.29. The van der Waals surface area contributed by atoms with Crippen LogP contribution in [-0.2, 0) is 0 Å². The first-order valence-electron chi connectivity index (χ1n) is 6.51. The van der Waals surface area contributed by atoms with Gasteiger partial charge in [-0.25, -0.2) is 9.97 Å². The fourth-order valence-electron chi connectivity index (χ4n) is 1.65. The summed E-state index contributed by atoms with van der Waals surface area (Å²) < 4.78 is 2.00. The van der Waals surface area contributed by atoms with Crippen LogP contribution < -0.4 is 10.6 Å². The van der Waals surface area contributed by atoms with Crippen LogP contribution in [0.3, 0.4) is 0 Å². The molecule has 1 heterocycles. The molecule has 0 saturated carbocycles. The number of rotatable bonds is 6. The van der Waals surface area contributed by atoms with Crippen LogP contribution in [0.2, 0.25) is 0 Å². The van der Waals surface area contributed by atoms with Crippen LogP contribution in [0.4, 0.5) is 17.3 Å². The van der Waals surface area contributed by atoms with E-state index in [-0.39, 0.29) is 0 Å². The largest absolute Gasteiger partial charge is 0.370 e. The second kappa shape index (κ2) is 8.00. The van der Waals surface area contributed by atoms with Crippen LogP contribution in [0.25, 0.3) is 0 Å². The van der Waals surface area contributed by atoms with E-state index in [1.165, 1.54) is 11.8 Å². The Hall–Kier alpha value is -0.790. The fraction of sp³-hybridized carbons (Fsp3) is 0.286. The van der Waals surface area contributed by atoms with Gasteiger partial charge in [0.25, 0.3) is 0 Å². The van der Waals surface area contributed by atoms with E-state index in [0.717, 1.165) is 44.4 Å². The maximum absolute atomic E-state index is 4.49. The van der Waals surface area contributed by atoms with Gasteiger partial charge in [-0.15, -0.1) is 0 Å². The van der Waals surface area contributed by atoms with Crippen molar-refractivity contribution in [2.45, 2.75) is 18.5 Å². The van der Waals surface area contributed by atoms with Gasteiger partial charge in [0.2, 0.25) is 0 Å². The molecule has 2 rings (SSSR count). The molecule has 0 amide bonds. The molecular weight excluding hydrogens is 416 g/mol. The number of anilines is 3. The van der Waals surface area contributed by atoms with E-state index in [4.69, 9.17) is 0 Å². The smallest absolute Gasteiger partial charge is 0.191 e. The Morgan fingerprint density at radius 3 is 2.57 bits per heavy atom. The summed E-state index contributed by atoms with van der Waals surface area (Å²) in [7, 11) is 0. The summed E-state index contributed by atoms with van der Waals surface area (Å²) in [6.07, 6.45) is 3.03. The lowest BCUT2D eigenvalue weighted by Crippen LogP contribution is -2.05. The molecule has 112 valence electrons. The van der Waals surface area contributed by atoms with Crippen molar-refractivity contribution in [1.82, 2.24) is 9.97 Å². The molecule has 2 aromatic rings. The first-order chi connectivity index (χ1) is 10.1. The lowest BCUT2D eigenvalue weighted by Gasteiger charge is -2.11. The minimum Gasteiger partial charge on any atom is -0.370 e. The number of nitrogens with zero attached hydrogens (tertiary/aromatic N) is 2. The van der Waals surface area contributed by atoms with E-state index < -0.39 is 0 Å². The molecule has 21 heavy (non-hydrogen) atoms. The minimum atomic E-state index is 0.742. The summed E-state index contributed by atoms with van der Waals surface area (Å²) in [5, 5.41) is 7.36. The lowest BCUT2D eigenvalue weighted by atomic mass is 10.3. The molecule has 0 aliphatic carbocycles. The predicted octanol–water partition coefficient (Wildman–Crippen LogP) is 5.29. The molecule has 1 aromatic heterocycles. The monoisotopic (exact) mass is 430 g/mol. The van der Waals surface area contributed by atoms with E-state index in [1.807, 2.05) is 30.5 Å². The van der Waals surface area contributed by atoms with Crippen molar-refractivity contribution in [3.05, 3.63) is 33.2 Å². The Morgan fingerprint density at radius 2 is 1.90 bits per heavy atom. The number of aromatic nitrogens is 2. The summed E-state index contributed by atoms with van der Waals surface area (Å²) in [5.41, 5.74) is 0.963. The van der Waals surface area contributed by atoms with Crippen LogP contribution in [0.5, 0.6) is 0 Å². The van der Waals surface area contributed by atoms with E-state index in [9.17, 15) is 0 Å². The zero-order valence-corrected chi connectivity index (χ0v) is 15.8. The molecule has 0 atom stereocenters. The molecule has 0 fully saturated rings. The van der Waals surface area contributed by atoms with Gasteiger partial charge in [-0.2, -0.15) is 0 Å². The van der Waals surface area contributed by atoms with Crippen molar-refractivity contribution in [3.8, 4) is 0 Å².